The summed E-state index contributed by atoms with van der Waals surface area (Å²) in [7, 11) is -1.98. The predicted octanol–water partition coefficient (Wildman–Crippen LogP) is 3.13. The topological polar surface area (TPSA) is 75.7 Å². The predicted molar refractivity (Wildman–Crippen MR) is 118 cm³/mol. The molecule has 0 radical (unpaired) electrons. The van der Waals surface area contributed by atoms with Crippen LogP contribution in [0.4, 0.5) is 4.39 Å². The number of sulfonamides is 1. The molecule has 0 aliphatic carbocycles. The maximum Gasteiger partial charge on any atom is 0.223 e. The van der Waals surface area contributed by atoms with Gasteiger partial charge in [0, 0.05) is 31.1 Å². The number of aryl methyl sites for hydroxylation is 1. The first-order chi connectivity index (χ1) is 14.9. The summed E-state index contributed by atoms with van der Waals surface area (Å²) < 4.78 is 45.6. The number of ether oxygens (including phenoxy) is 1. The third-order valence-electron chi connectivity index (χ3n) is 5.61. The van der Waals surface area contributed by atoms with E-state index in [4.69, 9.17) is 4.74 Å². The van der Waals surface area contributed by atoms with Gasteiger partial charge in [-0.2, -0.15) is 0 Å². The van der Waals surface area contributed by atoms with E-state index in [1.165, 1.54) is 28.1 Å². The van der Waals surface area contributed by atoms with Gasteiger partial charge in [0.25, 0.3) is 0 Å². The van der Waals surface area contributed by atoms with Gasteiger partial charge in [0.05, 0.1) is 12.9 Å². The zero-order valence-electron chi connectivity index (χ0n) is 17.7. The van der Waals surface area contributed by atoms with Gasteiger partial charge in [-0.25, -0.2) is 17.1 Å². The molecule has 1 fully saturated rings. The first-order valence-electron chi connectivity index (χ1n) is 10.5. The van der Waals surface area contributed by atoms with Crippen LogP contribution in [0.3, 0.4) is 0 Å². The molecule has 1 N–H and O–H groups in total. The lowest BCUT2D eigenvalue weighted by molar-refractivity contribution is -0.126. The van der Waals surface area contributed by atoms with Crippen molar-refractivity contribution in [3.05, 3.63) is 65.5 Å². The van der Waals surface area contributed by atoms with Gasteiger partial charge in [0.1, 0.15) is 11.6 Å². The van der Waals surface area contributed by atoms with E-state index in [1.807, 2.05) is 24.3 Å². The van der Waals surface area contributed by atoms with Crippen molar-refractivity contribution in [1.82, 2.24) is 9.62 Å². The van der Waals surface area contributed by atoms with Crippen molar-refractivity contribution >= 4 is 15.9 Å². The van der Waals surface area contributed by atoms with Crippen LogP contribution in [0.25, 0.3) is 0 Å². The Labute approximate surface area is 183 Å². The third-order valence-corrected chi connectivity index (χ3v) is 7.44. The van der Waals surface area contributed by atoms with E-state index in [0.717, 1.165) is 18.6 Å². The van der Waals surface area contributed by atoms with Crippen LogP contribution in [0.15, 0.2) is 48.5 Å². The fraction of sp³-hybridized carbons (Fsp3) is 0.435. The maximum absolute atomic E-state index is 13.8. The molecule has 1 saturated heterocycles. The Bertz CT molecular complexity index is 971. The minimum Gasteiger partial charge on any atom is -0.497 e. The fourth-order valence-electron chi connectivity index (χ4n) is 3.74. The molecule has 1 aliphatic heterocycles. The highest BCUT2D eigenvalue weighted by molar-refractivity contribution is 7.88. The van der Waals surface area contributed by atoms with E-state index in [9.17, 15) is 17.6 Å². The number of hydrogen-bond acceptors (Lipinski definition) is 4. The number of amides is 1. The van der Waals surface area contributed by atoms with Crippen LogP contribution in [-0.2, 0) is 27.0 Å². The molecule has 0 bridgehead atoms. The van der Waals surface area contributed by atoms with Crippen molar-refractivity contribution in [3.63, 3.8) is 0 Å². The molecule has 1 heterocycles. The lowest BCUT2D eigenvalue weighted by Crippen LogP contribution is -2.43. The minimum atomic E-state index is -3.61. The Morgan fingerprint density at radius 3 is 2.45 bits per heavy atom. The molecule has 31 heavy (non-hydrogen) atoms. The summed E-state index contributed by atoms with van der Waals surface area (Å²) in [4.78, 5) is 12.4. The van der Waals surface area contributed by atoms with Crippen molar-refractivity contribution in [2.45, 2.75) is 31.4 Å². The summed E-state index contributed by atoms with van der Waals surface area (Å²) in [5.74, 6) is -0.280. The Kier molecular flexibility index (Phi) is 8.03. The quantitative estimate of drug-likeness (QED) is 0.598. The molecular weight excluding hydrogens is 419 g/mol. The molecule has 0 spiro atoms. The maximum atomic E-state index is 13.8. The van der Waals surface area contributed by atoms with Crippen molar-refractivity contribution in [1.29, 1.82) is 0 Å². The number of nitrogens with one attached hydrogen (secondary N) is 1. The Balaban J connectivity index is 1.40. The molecule has 0 unspecified atom stereocenters. The highest BCUT2D eigenvalue weighted by atomic mass is 32.2. The van der Waals surface area contributed by atoms with E-state index in [2.05, 4.69) is 5.32 Å². The number of nitrogens with zero attached hydrogens (tertiary/aromatic N) is 1. The van der Waals surface area contributed by atoms with E-state index >= 15 is 0 Å². The minimum absolute atomic E-state index is 0.0270. The van der Waals surface area contributed by atoms with E-state index < -0.39 is 15.8 Å². The number of carbonyl (C=O) groups excluding carboxylic acids is 1. The second-order valence-electron chi connectivity index (χ2n) is 7.76. The van der Waals surface area contributed by atoms with Crippen LogP contribution in [0.1, 0.15) is 30.4 Å². The van der Waals surface area contributed by atoms with Crippen molar-refractivity contribution in [2.24, 2.45) is 5.92 Å². The summed E-state index contributed by atoms with van der Waals surface area (Å²) in [6.45, 7) is 1.14. The smallest absolute Gasteiger partial charge is 0.223 e. The number of methoxy groups -OCH3 is 1. The van der Waals surface area contributed by atoms with Crippen LogP contribution >= 0.6 is 0 Å². The largest absolute Gasteiger partial charge is 0.497 e. The standard InChI is InChI=1S/C23H29FN2O4S/c1-30-21-10-8-18(9-11-21)5-4-14-25-23(27)19-12-15-26(16-13-19)31(28,29)17-20-6-2-3-7-22(20)24/h2-3,6-11,19H,4-5,12-17H2,1H3,(H,25,27). The van der Waals surface area contributed by atoms with E-state index in [0.29, 0.717) is 19.4 Å². The zero-order valence-corrected chi connectivity index (χ0v) is 18.5. The molecule has 168 valence electrons. The second-order valence-corrected chi connectivity index (χ2v) is 9.73. The molecule has 0 atom stereocenters. The number of halogens is 1. The summed E-state index contributed by atoms with van der Waals surface area (Å²) in [6.07, 6.45) is 2.63. The normalized spacial score (nSPS) is 15.5. The average molecular weight is 449 g/mol. The summed E-state index contributed by atoms with van der Waals surface area (Å²) in [5.41, 5.74) is 1.35. The lowest BCUT2D eigenvalue weighted by Gasteiger charge is -2.30. The average Bonchev–Trinajstić information content (AvgIpc) is 2.78. The molecule has 8 heteroatoms. The molecule has 1 amide bonds. The third kappa shape index (κ3) is 6.51. The first kappa shape index (κ1) is 23.2. The van der Waals surface area contributed by atoms with Crippen LogP contribution in [0.2, 0.25) is 0 Å². The Hall–Kier alpha value is -2.45. The second kappa shape index (κ2) is 10.7. The molecule has 0 saturated carbocycles. The van der Waals surface area contributed by atoms with Gasteiger partial charge in [0.15, 0.2) is 0 Å². The van der Waals surface area contributed by atoms with Crippen LogP contribution < -0.4 is 10.1 Å². The zero-order chi connectivity index (χ0) is 22.3. The fourth-order valence-corrected chi connectivity index (χ4v) is 5.32. The van der Waals surface area contributed by atoms with Crippen molar-refractivity contribution in [3.8, 4) is 5.75 Å². The van der Waals surface area contributed by atoms with E-state index in [-0.39, 0.29) is 36.2 Å². The van der Waals surface area contributed by atoms with Crippen LogP contribution in [-0.4, -0.2) is 45.4 Å². The molecule has 2 aromatic rings. The van der Waals surface area contributed by atoms with Crippen LogP contribution in [0.5, 0.6) is 5.75 Å². The lowest BCUT2D eigenvalue weighted by atomic mass is 9.97. The molecule has 2 aromatic carbocycles. The Morgan fingerprint density at radius 2 is 1.81 bits per heavy atom. The number of piperidine rings is 1. The SMILES string of the molecule is COc1ccc(CCCNC(=O)C2CCN(S(=O)(=O)Cc3ccccc3F)CC2)cc1. The summed E-state index contributed by atoms with van der Waals surface area (Å²) in [6, 6.07) is 13.8. The van der Waals surface area contributed by atoms with Crippen molar-refractivity contribution in [2.75, 3.05) is 26.7 Å². The molecule has 0 aromatic heterocycles. The molecule has 1 aliphatic rings. The van der Waals surface area contributed by atoms with Gasteiger partial charge < -0.3 is 10.1 Å². The Morgan fingerprint density at radius 1 is 1.13 bits per heavy atom. The van der Waals surface area contributed by atoms with Gasteiger partial charge in [0.2, 0.25) is 15.9 Å². The summed E-state index contributed by atoms with van der Waals surface area (Å²) in [5, 5.41) is 2.96. The molecule has 6 nitrogen and oxygen atoms in total. The number of hydrogen-bond donors (Lipinski definition) is 1. The number of rotatable bonds is 9. The highest BCUT2D eigenvalue weighted by Crippen LogP contribution is 2.22. The van der Waals surface area contributed by atoms with E-state index in [1.54, 1.807) is 13.2 Å². The molecule has 3 rings (SSSR count). The van der Waals surface area contributed by atoms with Gasteiger partial charge in [-0.05, 0) is 49.4 Å². The van der Waals surface area contributed by atoms with Crippen LogP contribution in [0, 0.1) is 11.7 Å². The monoisotopic (exact) mass is 448 g/mol. The number of benzene rings is 2. The number of carbonyl (C=O) groups is 1. The van der Waals surface area contributed by atoms with Gasteiger partial charge >= 0.3 is 0 Å². The van der Waals surface area contributed by atoms with Crippen molar-refractivity contribution < 1.29 is 22.3 Å². The van der Waals surface area contributed by atoms with Gasteiger partial charge in [-0.1, -0.05) is 30.3 Å². The van der Waals surface area contributed by atoms with Gasteiger partial charge in [-0.15, -0.1) is 0 Å². The highest BCUT2D eigenvalue weighted by Gasteiger charge is 2.31. The van der Waals surface area contributed by atoms with Gasteiger partial charge in [-0.3, -0.25) is 4.79 Å². The summed E-state index contributed by atoms with van der Waals surface area (Å²) >= 11 is 0. The first-order valence-corrected chi connectivity index (χ1v) is 12.1. The molecular formula is C23H29FN2O4S.